The maximum atomic E-state index is 5.94. The van der Waals surface area contributed by atoms with E-state index in [4.69, 9.17) is 10.5 Å². The van der Waals surface area contributed by atoms with Gasteiger partial charge in [-0.15, -0.1) is 0 Å². The van der Waals surface area contributed by atoms with E-state index in [2.05, 4.69) is 32.6 Å². The quantitative estimate of drug-likeness (QED) is 0.730. The van der Waals surface area contributed by atoms with E-state index in [0.717, 1.165) is 32.5 Å². The highest BCUT2D eigenvalue weighted by Crippen LogP contribution is 2.39. The van der Waals surface area contributed by atoms with E-state index < -0.39 is 0 Å². The normalized spacial score (nSPS) is 31.0. The highest BCUT2D eigenvalue weighted by atomic mass is 16.5. The van der Waals surface area contributed by atoms with Gasteiger partial charge in [0, 0.05) is 24.7 Å². The summed E-state index contributed by atoms with van der Waals surface area (Å²) in [5, 5.41) is 0. The molecule has 3 nitrogen and oxygen atoms in total. The van der Waals surface area contributed by atoms with E-state index in [1.165, 1.54) is 0 Å². The van der Waals surface area contributed by atoms with Crippen molar-refractivity contribution in [2.45, 2.75) is 58.2 Å². The molecule has 1 aliphatic rings. The molecular weight excluding hydrogens is 188 g/mol. The van der Waals surface area contributed by atoms with Crippen LogP contribution in [-0.4, -0.2) is 42.3 Å². The van der Waals surface area contributed by atoms with Crippen molar-refractivity contribution in [2.24, 2.45) is 5.73 Å². The molecule has 15 heavy (non-hydrogen) atoms. The van der Waals surface area contributed by atoms with Crippen LogP contribution in [0.25, 0.3) is 0 Å². The summed E-state index contributed by atoms with van der Waals surface area (Å²) in [7, 11) is 0. The van der Waals surface area contributed by atoms with Gasteiger partial charge in [0.25, 0.3) is 0 Å². The van der Waals surface area contributed by atoms with Gasteiger partial charge in [0.2, 0.25) is 0 Å². The Morgan fingerprint density at radius 1 is 1.40 bits per heavy atom. The van der Waals surface area contributed by atoms with Crippen molar-refractivity contribution in [1.29, 1.82) is 0 Å². The van der Waals surface area contributed by atoms with Crippen molar-refractivity contribution < 1.29 is 4.74 Å². The largest absolute Gasteiger partial charge is 0.378 e. The first-order valence-electron chi connectivity index (χ1n) is 6.18. The van der Waals surface area contributed by atoms with Crippen molar-refractivity contribution in [2.75, 3.05) is 19.7 Å². The van der Waals surface area contributed by atoms with Gasteiger partial charge in [-0.2, -0.15) is 0 Å². The van der Waals surface area contributed by atoms with Crippen molar-refractivity contribution >= 4 is 0 Å². The van der Waals surface area contributed by atoms with Crippen LogP contribution < -0.4 is 5.73 Å². The maximum absolute atomic E-state index is 5.94. The molecule has 0 bridgehead atoms. The van der Waals surface area contributed by atoms with Crippen molar-refractivity contribution in [3.05, 3.63) is 0 Å². The first-order valence-corrected chi connectivity index (χ1v) is 6.18. The van der Waals surface area contributed by atoms with Gasteiger partial charge in [-0.25, -0.2) is 0 Å². The third kappa shape index (κ3) is 2.52. The Morgan fingerprint density at radius 2 is 2.00 bits per heavy atom. The lowest BCUT2D eigenvalue weighted by Gasteiger charge is -2.55. The van der Waals surface area contributed by atoms with Crippen LogP contribution in [0.3, 0.4) is 0 Å². The van der Waals surface area contributed by atoms with E-state index in [0.29, 0.717) is 12.1 Å². The molecule has 0 aromatic heterocycles. The molecule has 0 radical (unpaired) electrons. The minimum atomic E-state index is 0.211. The lowest BCUT2D eigenvalue weighted by atomic mass is 9.72. The Bertz CT molecular complexity index is 188. The maximum Gasteiger partial charge on any atom is 0.0611 e. The Labute approximate surface area is 94.0 Å². The van der Waals surface area contributed by atoms with Crippen LogP contribution in [-0.2, 0) is 4.74 Å². The molecule has 2 N–H and O–H groups in total. The second-order valence-corrected chi connectivity index (χ2v) is 4.79. The Kier molecular flexibility index (Phi) is 4.56. The average molecular weight is 214 g/mol. The van der Waals surface area contributed by atoms with E-state index >= 15 is 0 Å². The zero-order chi connectivity index (χ0) is 11.5. The van der Waals surface area contributed by atoms with Crippen molar-refractivity contribution in [1.82, 2.24) is 4.90 Å². The Hall–Kier alpha value is -0.120. The third-order valence-corrected chi connectivity index (χ3v) is 3.57. The molecule has 0 unspecified atom stereocenters. The number of likely N-dealkylation sites (N-methyl/N-ethyl adjacent to an activating group) is 1. The summed E-state index contributed by atoms with van der Waals surface area (Å²) in [6.07, 6.45) is 2.64. The monoisotopic (exact) mass is 214 g/mol. The molecule has 1 fully saturated rings. The zero-order valence-corrected chi connectivity index (χ0v) is 10.6. The lowest BCUT2D eigenvalue weighted by molar-refractivity contribution is -0.108. The van der Waals surface area contributed by atoms with E-state index in [9.17, 15) is 0 Å². The first kappa shape index (κ1) is 12.9. The molecule has 1 rings (SSSR count). The van der Waals surface area contributed by atoms with Crippen LogP contribution in [0.4, 0.5) is 0 Å². The summed E-state index contributed by atoms with van der Waals surface area (Å²) in [5.74, 6) is 0. The van der Waals surface area contributed by atoms with Gasteiger partial charge in [-0.1, -0.05) is 6.92 Å². The highest BCUT2D eigenvalue weighted by Gasteiger charge is 2.48. The summed E-state index contributed by atoms with van der Waals surface area (Å²) in [5.41, 5.74) is 6.16. The second kappa shape index (κ2) is 5.28. The summed E-state index contributed by atoms with van der Waals surface area (Å²) < 4.78 is 5.63. The summed E-state index contributed by atoms with van der Waals surface area (Å²) in [6.45, 7) is 11.4. The summed E-state index contributed by atoms with van der Waals surface area (Å²) in [4.78, 5) is 2.52. The van der Waals surface area contributed by atoms with Crippen LogP contribution in [0.1, 0.15) is 40.5 Å². The standard InChI is InChI=1S/C12H26N2O/c1-5-14(10(3)4)12(9-13)7-11(8-12)15-6-2/h10-11H,5-9,13H2,1-4H3. The minimum absolute atomic E-state index is 0.211. The molecule has 0 atom stereocenters. The predicted octanol–water partition coefficient (Wildman–Crippen LogP) is 1.61. The van der Waals surface area contributed by atoms with Gasteiger partial charge < -0.3 is 10.5 Å². The van der Waals surface area contributed by atoms with Gasteiger partial charge in [-0.3, -0.25) is 4.90 Å². The molecule has 1 saturated carbocycles. The molecule has 3 heteroatoms. The number of hydrogen-bond donors (Lipinski definition) is 1. The van der Waals surface area contributed by atoms with Gasteiger partial charge in [0.1, 0.15) is 0 Å². The molecule has 0 aromatic rings. The molecule has 0 aliphatic heterocycles. The third-order valence-electron chi connectivity index (χ3n) is 3.57. The number of rotatable bonds is 6. The van der Waals surface area contributed by atoms with Gasteiger partial charge in [-0.05, 0) is 40.2 Å². The molecule has 1 aliphatic carbocycles. The fraction of sp³-hybridized carbons (Fsp3) is 1.00. The average Bonchev–Trinajstić information content (AvgIpc) is 2.14. The second-order valence-electron chi connectivity index (χ2n) is 4.79. The zero-order valence-electron chi connectivity index (χ0n) is 10.6. The molecule has 0 heterocycles. The van der Waals surface area contributed by atoms with Crippen molar-refractivity contribution in [3.8, 4) is 0 Å². The van der Waals surface area contributed by atoms with E-state index in [1.54, 1.807) is 0 Å². The van der Waals surface area contributed by atoms with E-state index in [-0.39, 0.29) is 5.54 Å². The molecule has 90 valence electrons. The van der Waals surface area contributed by atoms with Gasteiger partial charge in [0.15, 0.2) is 0 Å². The smallest absolute Gasteiger partial charge is 0.0611 e. The first-order chi connectivity index (χ1) is 7.09. The number of nitrogens with two attached hydrogens (primary N) is 1. The van der Waals surface area contributed by atoms with Crippen LogP contribution in [0, 0.1) is 0 Å². The molecule has 0 aromatic carbocycles. The Balaban J connectivity index is 2.56. The SMILES string of the molecule is CCOC1CC(CN)(N(CC)C(C)C)C1. The van der Waals surface area contributed by atoms with Crippen molar-refractivity contribution in [3.63, 3.8) is 0 Å². The lowest BCUT2D eigenvalue weighted by Crippen LogP contribution is -2.65. The minimum Gasteiger partial charge on any atom is -0.378 e. The molecule has 0 saturated heterocycles. The Morgan fingerprint density at radius 3 is 2.33 bits per heavy atom. The number of hydrogen-bond acceptors (Lipinski definition) is 3. The molecular formula is C12H26N2O. The molecule has 0 spiro atoms. The van der Waals surface area contributed by atoms with Gasteiger partial charge >= 0.3 is 0 Å². The topological polar surface area (TPSA) is 38.5 Å². The predicted molar refractivity (Wildman–Crippen MR) is 63.9 cm³/mol. The van der Waals surface area contributed by atoms with E-state index in [1.807, 2.05) is 0 Å². The van der Waals surface area contributed by atoms with Crippen LogP contribution >= 0.6 is 0 Å². The molecule has 0 amide bonds. The van der Waals surface area contributed by atoms with Crippen LogP contribution in [0.15, 0.2) is 0 Å². The fourth-order valence-corrected chi connectivity index (χ4v) is 2.91. The summed E-state index contributed by atoms with van der Waals surface area (Å²) >= 11 is 0. The van der Waals surface area contributed by atoms with Crippen LogP contribution in [0.5, 0.6) is 0 Å². The number of ether oxygens (including phenoxy) is 1. The summed E-state index contributed by atoms with van der Waals surface area (Å²) in [6, 6.07) is 0.570. The number of nitrogens with zero attached hydrogens (tertiary/aromatic N) is 1. The van der Waals surface area contributed by atoms with Gasteiger partial charge in [0.05, 0.1) is 6.10 Å². The van der Waals surface area contributed by atoms with Crippen LogP contribution in [0.2, 0.25) is 0 Å². The fourth-order valence-electron chi connectivity index (χ4n) is 2.91. The highest BCUT2D eigenvalue weighted by molar-refractivity contribution is 5.05.